The van der Waals surface area contributed by atoms with Gasteiger partial charge in [0, 0.05) is 18.7 Å². The Balaban J connectivity index is 1.81. The van der Waals surface area contributed by atoms with Crippen molar-refractivity contribution in [3.63, 3.8) is 0 Å². The zero-order chi connectivity index (χ0) is 20.3. The molecule has 1 aliphatic heterocycles. The molecule has 0 spiro atoms. The third kappa shape index (κ3) is 4.76. The van der Waals surface area contributed by atoms with Crippen LogP contribution in [0, 0.1) is 0 Å². The Morgan fingerprint density at radius 3 is 2.79 bits per heavy atom. The molecule has 0 unspecified atom stereocenters. The van der Waals surface area contributed by atoms with Crippen molar-refractivity contribution in [1.29, 1.82) is 0 Å². The van der Waals surface area contributed by atoms with Crippen molar-refractivity contribution < 1.29 is 19.0 Å². The number of hydrogen-bond acceptors (Lipinski definition) is 6. The number of fused-ring (bicyclic) bond motifs is 1. The average molecular weight is 408 g/mol. The quantitative estimate of drug-likeness (QED) is 0.696. The highest BCUT2D eigenvalue weighted by Gasteiger charge is 2.31. The molecule has 1 amide bonds. The summed E-state index contributed by atoms with van der Waals surface area (Å²) in [6.07, 6.45) is 3.94. The van der Waals surface area contributed by atoms with Gasteiger partial charge in [-0.3, -0.25) is 0 Å². The Morgan fingerprint density at radius 1 is 1.29 bits per heavy atom. The predicted octanol–water partition coefficient (Wildman–Crippen LogP) is 4.46. The van der Waals surface area contributed by atoms with Crippen LogP contribution in [-0.4, -0.2) is 52.9 Å². The summed E-state index contributed by atoms with van der Waals surface area (Å²) >= 11 is 6.27. The molecule has 3 rings (SSSR count). The minimum Gasteiger partial charge on any atom is -0.497 e. The topological polar surface area (TPSA) is 73.8 Å². The first kappa shape index (κ1) is 20.5. The number of amides is 1. The number of benzene rings is 1. The highest BCUT2D eigenvalue weighted by molar-refractivity contribution is 6.34. The third-order valence-corrected chi connectivity index (χ3v) is 4.84. The number of ether oxygens (including phenoxy) is 3. The number of nitrogens with zero attached hydrogens (tertiary/aromatic N) is 3. The van der Waals surface area contributed by atoms with E-state index >= 15 is 0 Å². The van der Waals surface area contributed by atoms with Gasteiger partial charge in [0.1, 0.15) is 35.2 Å². The van der Waals surface area contributed by atoms with Crippen molar-refractivity contribution in [1.82, 2.24) is 14.9 Å². The fourth-order valence-corrected chi connectivity index (χ4v) is 3.48. The van der Waals surface area contributed by atoms with Gasteiger partial charge < -0.3 is 19.1 Å². The first-order chi connectivity index (χ1) is 13.3. The van der Waals surface area contributed by atoms with E-state index in [1.165, 1.54) is 6.33 Å². The summed E-state index contributed by atoms with van der Waals surface area (Å²) in [5, 5.41) is 0.944. The van der Waals surface area contributed by atoms with Crippen LogP contribution in [0.4, 0.5) is 4.79 Å². The standard InChI is InChI=1S/C20H26ClN3O4/c1-20(2,3)28-19(25)24-8-6-5-7-13(24)11-27-16-10-14(26-4)9-15-17(16)18(21)23-12-22-15/h9-10,12-13H,5-8,11H2,1-4H3/t13-/m1/s1. The van der Waals surface area contributed by atoms with Gasteiger partial charge in [0.05, 0.1) is 24.1 Å². The lowest BCUT2D eigenvalue weighted by molar-refractivity contribution is 0.00368. The van der Waals surface area contributed by atoms with Crippen LogP contribution in [0.1, 0.15) is 40.0 Å². The molecule has 28 heavy (non-hydrogen) atoms. The van der Waals surface area contributed by atoms with E-state index in [0.717, 1.165) is 19.3 Å². The highest BCUT2D eigenvalue weighted by Crippen LogP contribution is 2.34. The zero-order valence-corrected chi connectivity index (χ0v) is 17.5. The summed E-state index contributed by atoms with van der Waals surface area (Å²) in [4.78, 5) is 22.6. The van der Waals surface area contributed by atoms with Crippen molar-refractivity contribution in [2.45, 2.75) is 51.7 Å². The van der Waals surface area contributed by atoms with Gasteiger partial charge in [0.15, 0.2) is 0 Å². The van der Waals surface area contributed by atoms with E-state index < -0.39 is 5.60 Å². The molecule has 0 radical (unpaired) electrons. The summed E-state index contributed by atoms with van der Waals surface area (Å²) in [5.74, 6) is 1.15. The number of rotatable bonds is 4. The van der Waals surface area contributed by atoms with Gasteiger partial charge >= 0.3 is 6.09 Å². The molecule has 0 aliphatic carbocycles. The van der Waals surface area contributed by atoms with Gasteiger partial charge in [-0.25, -0.2) is 14.8 Å². The van der Waals surface area contributed by atoms with E-state index in [1.807, 2.05) is 20.8 Å². The summed E-state index contributed by atoms with van der Waals surface area (Å²) < 4.78 is 17.0. The van der Waals surface area contributed by atoms with Crippen LogP contribution in [0.15, 0.2) is 18.5 Å². The third-order valence-electron chi connectivity index (χ3n) is 4.55. The van der Waals surface area contributed by atoms with Crippen molar-refractivity contribution >= 4 is 28.6 Å². The molecule has 8 heteroatoms. The van der Waals surface area contributed by atoms with E-state index in [0.29, 0.717) is 40.7 Å². The lowest BCUT2D eigenvalue weighted by Crippen LogP contribution is -2.48. The average Bonchev–Trinajstić information content (AvgIpc) is 2.64. The van der Waals surface area contributed by atoms with Crippen LogP contribution in [0.3, 0.4) is 0 Å². The SMILES string of the molecule is COc1cc(OC[C@H]2CCCCN2C(=O)OC(C)(C)C)c2c(Cl)ncnc2c1. The van der Waals surface area contributed by atoms with Gasteiger partial charge in [0.2, 0.25) is 0 Å². The number of aromatic nitrogens is 2. The molecule has 2 aromatic rings. The Labute approximate surface area is 169 Å². The van der Waals surface area contributed by atoms with Crippen molar-refractivity contribution in [2.75, 3.05) is 20.3 Å². The first-order valence-corrected chi connectivity index (χ1v) is 9.77. The number of hydrogen-bond donors (Lipinski definition) is 0. The van der Waals surface area contributed by atoms with Gasteiger partial charge in [-0.1, -0.05) is 11.6 Å². The van der Waals surface area contributed by atoms with Gasteiger partial charge in [-0.2, -0.15) is 0 Å². The summed E-state index contributed by atoms with van der Waals surface area (Å²) in [6, 6.07) is 3.47. The number of carbonyl (C=O) groups is 1. The second-order valence-electron chi connectivity index (χ2n) is 7.82. The lowest BCUT2D eigenvalue weighted by atomic mass is 10.0. The summed E-state index contributed by atoms with van der Waals surface area (Å²) in [5.41, 5.74) is 0.107. The van der Waals surface area contributed by atoms with Crippen LogP contribution in [0.2, 0.25) is 5.15 Å². The lowest BCUT2D eigenvalue weighted by Gasteiger charge is -2.36. The maximum Gasteiger partial charge on any atom is 0.410 e. The molecule has 0 bridgehead atoms. The molecule has 1 aliphatic rings. The molecule has 7 nitrogen and oxygen atoms in total. The molecule has 152 valence electrons. The normalized spacial score (nSPS) is 17.5. The minimum atomic E-state index is -0.534. The Bertz CT molecular complexity index is 853. The van der Waals surface area contributed by atoms with E-state index in [-0.39, 0.29) is 12.1 Å². The Hall–Kier alpha value is -2.28. The zero-order valence-electron chi connectivity index (χ0n) is 16.7. The Kier molecular flexibility index (Phi) is 6.13. The van der Waals surface area contributed by atoms with Crippen molar-refractivity contribution in [3.05, 3.63) is 23.6 Å². The van der Waals surface area contributed by atoms with Gasteiger partial charge in [-0.15, -0.1) is 0 Å². The van der Waals surface area contributed by atoms with Gasteiger partial charge in [0.25, 0.3) is 0 Å². The van der Waals surface area contributed by atoms with E-state index in [1.54, 1.807) is 24.1 Å². The van der Waals surface area contributed by atoms with E-state index in [2.05, 4.69) is 9.97 Å². The van der Waals surface area contributed by atoms with Crippen LogP contribution in [0.5, 0.6) is 11.5 Å². The fourth-order valence-electron chi connectivity index (χ4n) is 3.24. The molecule has 1 aromatic carbocycles. The fraction of sp³-hybridized carbons (Fsp3) is 0.550. The van der Waals surface area contributed by atoms with Crippen LogP contribution >= 0.6 is 11.6 Å². The number of likely N-dealkylation sites (tertiary alicyclic amines) is 1. The second-order valence-corrected chi connectivity index (χ2v) is 8.18. The number of methoxy groups -OCH3 is 1. The number of piperidine rings is 1. The molecule has 1 atom stereocenters. The molecule has 1 aromatic heterocycles. The van der Waals surface area contributed by atoms with Crippen LogP contribution < -0.4 is 9.47 Å². The summed E-state index contributed by atoms with van der Waals surface area (Å²) in [7, 11) is 1.58. The van der Waals surface area contributed by atoms with Crippen LogP contribution in [0.25, 0.3) is 10.9 Å². The maximum atomic E-state index is 12.6. The van der Waals surface area contributed by atoms with Crippen LogP contribution in [-0.2, 0) is 4.74 Å². The second kappa shape index (κ2) is 8.39. The smallest absolute Gasteiger partial charge is 0.410 e. The summed E-state index contributed by atoms with van der Waals surface area (Å²) in [6.45, 7) is 6.58. The molecule has 1 fully saturated rings. The van der Waals surface area contributed by atoms with E-state index in [4.69, 9.17) is 25.8 Å². The minimum absolute atomic E-state index is 0.0757. The first-order valence-electron chi connectivity index (χ1n) is 9.39. The van der Waals surface area contributed by atoms with Crippen molar-refractivity contribution in [2.24, 2.45) is 0 Å². The monoisotopic (exact) mass is 407 g/mol. The number of carbonyl (C=O) groups excluding carboxylic acids is 1. The maximum absolute atomic E-state index is 12.6. The molecule has 0 N–H and O–H groups in total. The number of halogens is 1. The largest absolute Gasteiger partial charge is 0.497 e. The predicted molar refractivity (Wildman–Crippen MR) is 107 cm³/mol. The molecular formula is C20H26ClN3O4. The molecule has 1 saturated heterocycles. The molecule has 0 saturated carbocycles. The van der Waals surface area contributed by atoms with Gasteiger partial charge in [-0.05, 0) is 40.0 Å². The molecular weight excluding hydrogens is 382 g/mol. The van der Waals surface area contributed by atoms with Crippen molar-refractivity contribution in [3.8, 4) is 11.5 Å². The highest BCUT2D eigenvalue weighted by atomic mass is 35.5. The van der Waals surface area contributed by atoms with E-state index in [9.17, 15) is 4.79 Å². The Morgan fingerprint density at radius 2 is 2.07 bits per heavy atom. The molecule has 2 heterocycles.